The quantitative estimate of drug-likeness (QED) is 0.359. The average Bonchev–Trinajstić information content (AvgIpc) is 2.34. The Morgan fingerprint density at radius 1 is 1.61 bits per heavy atom. The number of hydrogen-bond acceptors (Lipinski definition) is 5. The maximum absolute atomic E-state index is 13.2. The highest BCUT2D eigenvalue weighted by molar-refractivity contribution is 9.10. The summed E-state index contributed by atoms with van der Waals surface area (Å²) in [4.78, 5) is 19.9. The SMILES string of the molecule is COC(=O)C(Br)COc1ccc([N+](=O)[O-])c(F)c1. The lowest BCUT2D eigenvalue weighted by Gasteiger charge is -2.09. The molecule has 1 unspecified atom stereocenters. The minimum atomic E-state index is -0.998. The molecule has 0 saturated heterocycles. The van der Waals surface area contributed by atoms with E-state index in [0.717, 1.165) is 12.1 Å². The highest BCUT2D eigenvalue weighted by atomic mass is 79.9. The summed E-state index contributed by atoms with van der Waals surface area (Å²) in [7, 11) is 1.22. The van der Waals surface area contributed by atoms with Crippen molar-refractivity contribution >= 4 is 27.6 Å². The van der Waals surface area contributed by atoms with Crippen LogP contribution in [0, 0.1) is 15.9 Å². The number of benzene rings is 1. The minimum absolute atomic E-state index is 0.0794. The van der Waals surface area contributed by atoms with Crippen LogP contribution < -0.4 is 4.74 Å². The number of nitrogens with zero attached hydrogens (tertiary/aromatic N) is 1. The number of carbonyl (C=O) groups is 1. The molecule has 0 N–H and O–H groups in total. The topological polar surface area (TPSA) is 78.7 Å². The Morgan fingerprint density at radius 3 is 2.78 bits per heavy atom. The number of ether oxygens (including phenoxy) is 2. The van der Waals surface area contributed by atoms with Gasteiger partial charge in [0.15, 0.2) is 0 Å². The molecule has 0 spiro atoms. The van der Waals surface area contributed by atoms with Gasteiger partial charge in [0.25, 0.3) is 0 Å². The lowest BCUT2D eigenvalue weighted by atomic mass is 10.3. The Hall–Kier alpha value is -1.70. The standard InChI is InChI=1S/C10H9BrFNO5/c1-17-10(14)7(11)5-18-6-2-3-9(13(15)16)8(12)4-6/h2-4,7H,5H2,1H3. The fraction of sp³-hybridized carbons (Fsp3) is 0.300. The zero-order valence-corrected chi connectivity index (χ0v) is 10.8. The zero-order chi connectivity index (χ0) is 13.7. The number of esters is 1. The molecule has 0 saturated carbocycles. The molecule has 1 aromatic rings. The van der Waals surface area contributed by atoms with Crippen LogP contribution in [-0.4, -0.2) is 29.4 Å². The number of alkyl halides is 1. The van der Waals surface area contributed by atoms with Gasteiger partial charge in [0.2, 0.25) is 5.82 Å². The molecule has 1 aromatic carbocycles. The van der Waals surface area contributed by atoms with Crippen molar-refractivity contribution < 1.29 is 23.6 Å². The maximum Gasteiger partial charge on any atom is 0.322 e. The Bertz CT molecular complexity index is 468. The van der Waals surface area contributed by atoms with Gasteiger partial charge in [-0.1, -0.05) is 15.9 Å². The number of nitro benzene ring substituents is 1. The first-order chi connectivity index (χ1) is 8.45. The smallest absolute Gasteiger partial charge is 0.322 e. The number of halogens is 2. The molecule has 0 aliphatic carbocycles. The summed E-state index contributed by atoms with van der Waals surface area (Å²) in [5.41, 5.74) is -0.634. The van der Waals surface area contributed by atoms with Gasteiger partial charge in [0, 0.05) is 12.1 Å². The van der Waals surface area contributed by atoms with Crippen LogP contribution >= 0.6 is 15.9 Å². The summed E-state index contributed by atoms with van der Waals surface area (Å²) >= 11 is 3.02. The first kappa shape index (κ1) is 14.4. The zero-order valence-electron chi connectivity index (χ0n) is 9.26. The second kappa shape index (κ2) is 6.29. The fourth-order valence-corrected chi connectivity index (χ4v) is 1.41. The van der Waals surface area contributed by atoms with Crippen molar-refractivity contribution in [3.63, 3.8) is 0 Å². The van der Waals surface area contributed by atoms with Gasteiger partial charge in [-0.15, -0.1) is 0 Å². The highest BCUT2D eigenvalue weighted by Crippen LogP contribution is 2.22. The summed E-state index contributed by atoms with van der Waals surface area (Å²) in [5.74, 6) is -1.44. The van der Waals surface area contributed by atoms with E-state index >= 15 is 0 Å². The number of nitro groups is 1. The predicted octanol–water partition coefficient (Wildman–Crippen LogP) is 2.05. The summed E-state index contributed by atoms with van der Waals surface area (Å²) < 4.78 is 22.8. The molecule has 0 aromatic heterocycles. The largest absolute Gasteiger partial charge is 0.492 e. The van der Waals surface area contributed by atoms with Crippen molar-refractivity contribution in [1.29, 1.82) is 0 Å². The third kappa shape index (κ3) is 3.66. The summed E-state index contributed by atoms with van der Waals surface area (Å²) in [6, 6.07) is 3.12. The molecular weight excluding hydrogens is 313 g/mol. The molecule has 18 heavy (non-hydrogen) atoms. The molecule has 8 heteroatoms. The van der Waals surface area contributed by atoms with Crippen LogP contribution in [0.4, 0.5) is 10.1 Å². The number of hydrogen-bond donors (Lipinski definition) is 0. The molecule has 0 aliphatic heterocycles. The van der Waals surface area contributed by atoms with E-state index in [2.05, 4.69) is 20.7 Å². The van der Waals surface area contributed by atoms with Crippen molar-refractivity contribution in [3.05, 3.63) is 34.1 Å². The third-order valence-corrected chi connectivity index (χ3v) is 2.61. The molecule has 0 heterocycles. The minimum Gasteiger partial charge on any atom is -0.492 e. The van der Waals surface area contributed by atoms with Gasteiger partial charge in [-0.05, 0) is 6.07 Å². The van der Waals surface area contributed by atoms with Gasteiger partial charge >= 0.3 is 11.7 Å². The van der Waals surface area contributed by atoms with Crippen molar-refractivity contribution in [2.24, 2.45) is 0 Å². The van der Waals surface area contributed by atoms with Gasteiger partial charge in [0.1, 0.15) is 17.2 Å². The van der Waals surface area contributed by atoms with Crippen LogP contribution in [0.3, 0.4) is 0 Å². The molecule has 6 nitrogen and oxygen atoms in total. The van der Waals surface area contributed by atoms with E-state index in [1.165, 1.54) is 13.2 Å². The Balaban J connectivity index is 2.67. The first-order valence-corrected chi connectivity index (χ1v) is 5.66. The van der Waals surface area contributed by atoms with E-state index in [0.29, 0.717) is 0 Å². The molecule has 1 rings (SSSR count). The summed E-state index contributed by atoms with van der Waals surface area (Å²) in [6.07, 6.45) is 0. The second-order valence-electron chi connectivity index (χ2n) is 3.17. The van der Waals surface area contributed by atoms with Crippen molar-refractivity contribution in [2.75, 3.05) is 13.7 Å². The Morgan fingerprint density at radius 2 is 2.28 bits per heavy atom. The molecule has 0 aliphatic rings. The van der Waals surface area contributed by atoms with Gasteiger partial charge in [-0.2, -0.15) is 4.39 Å². The second-order valence-corrected chi connectivity index (χ2v) is 4.28. The summed E-state index contributed by atoms with van der Waals surface area (Å²) in [5, 5.41) is 10.4. The number of carbonyl (C=O) groups excluding carboxylic acids is 1. The average molecular weight is 322 g/mol. The van der Waals surface area contributed by atoms with Gasteiger partial charge < -0.3 is 9.47 Å². The lowest BCUT2D eigenvalue weighted by Crippen LogP contribution is -2.22. The summed E-state index contributed by atoms with van der Waals surface area (Å²) in [6.45, 7) is -0.0794. The maximum atomic E-state index is 13.2. The van der Waals surface area contributed by atoms with Crippen LogP contribution in [0.1, 0.15) is 0 Å². The van der Waals surface area contributed by atoms with E-state index in [1.807, 2.05) is 0 Å². The van der Waals surface area contributed by atoms with E-state index in [-0.39, 0.29) is 12.4 Å². The lowest BCUT2D eigenvalue weighted by molar-refractivity contribution is -0.387. The van der Waals surface area contributed by atoms with E-state index < -0.39 is 27.2 Å². The van der Waals surface area contributed by atoms with E-state index in [4.69, 9.17) is 4.74 Å². The monoisotopic (exact) mass is 321 g/mol. The van der Waals surface area contributed by atoms with Gasteiger partial charge in [-0.3, -0.25) is 14.9 Å². The van der Waals surface area contributed by atoms with E-state index in [1.54, 1.807) is 0 Å². The molecule has 0 radical (unpaired) electrons. The highest BCUT2D eigenvalue weighted by Gasteiger charge is 2.18. The van der Waals surface area contributed by atoms with Crippen LogP contribution in [0.15, 0.2) is 18.2 Å². The van der Waals surface area contributed by atoms with Crippen molar-refractivity contribution in [3.8, 4) is 5.75 Å². The van der Waals surface area contributed by atoms with Gasteiger partial charge in [0.05, 0.1) is 12.0 Å². The van der Waals surface area contributed by atoms with Crippen LogP contribution in [0.5, 0.6) is 5.75 Å². The normalized spacial score (nSPS) is 11.7. The Kier molecular flexibility index (Phi) is 5.02. The number of methoxy groups -OCH3 is 1. The number of rotatable bonds is 5. The fourth-order valence-electron chi connectivity index (χ4n) is 1.09. The molecule has 0 fully saturated rings. The predicted molar refractivity (Wildman–Crippen MR) is 63.3 cm³/mol. The van der Waals surface area contributed by atoms with Crippen LogP contribution in [0.25, 0.3) is 0 Å². The van der Waals surface area contributed by atoms with E-state index in [9.17, 15) is 19.3 Å². The van der Waals surface area contributed by atoms with Crippen molar-refractivity contribution in [2.45, 2.75) is 4.83 Å². The van der Waals surface area contributed by atoms with Crippen molar-refractivity contribution in [1.82, 2.24) is 0 Å². The van der Waals surface area contributed by atoms with Crippen LogP contribution in [-0.2, 0) is 9.53 Å². The Labute approximate surface area is 110 Å². The van der Waals surface area contributed by atoms with Gasteiger partial charge in [-0.25, -0.2) is 0 Å². The third-order valence-electron chi connectivity index (χ3n) is 1.97. The first-order valence-electron chi connectivity index (χ1n) is 4.74. The molecule has 1 atom stereocenters. The molecule has 98 valence electrons. The molecule has 0 bridgehead atoms. The molecular formula is C10H9BrFNO5. The molecule has 0 amide bonds. The van der Waals surface area contributed by atoms with Crippen LogP contribution in [0.2, 0.25) is 0 Å².